The van der Waals surface area contributed by atoms with Crippen LogP contribution in [0.2, 0.25) is 0 Å². The minimum absolute atomic E-state index is 0.0611. The van der Waals surface area contributed by atoms with Crippen LogP contribution >= 0.6 is 0 Å². The molecular formula is C20H20FNO4. The Labute approximate surface area is 151 Å². The molecular weight excluding hydrogens is 337 g/mol. The normalized spacial score (nSPS) is 10.7. The molecule has 0 aliphatic heterocycles. The van der Waals surface area contributed by atoms with Gasteiger partial charge < -0.3 is 18.5 Å². The van der Waals surface area contributed by atoms with Crippen LogP contribution in [0.25, 0.3) is 0 Å². The Morgan fingerprint density at radius 3 is 2.23 bits per heavy atom. The summed E-state index contributed by atoms with van der Waals surface area (Å²) < 4.78 is 29.4. The van der Waals surface area contributed by atoms with E-state index in [1.807, 2.05) is 12.1 Å². The van der Waals surface area contributed by atoms with Crippen LogP contribution in [0, 0.1) is 5.82 Å². The van der Waals surface area contributed by atoms with Gasteiger partial charge in [-0.25, -0.2) is 4.39 Å². The second kappa shape index (κ2) is 8.38. The molecule has 0 radical (unpaired) electrons. The highest BCUT2D eigenvalue weighted by atomic mass is 19.1. The average molecular weight is 357 g/mol. The Morgan fingerprint density at radius 1 is 1.08 bits per heavy atom. The first-order chi connectivity index (χ1) is 12.7. The topological polar surface area (TPSA) is 55.8 Å². The number of furan rings is 2. The van der Waals surface area contributed by atoms with Gasteiger partial charge in [0.25, 0.3) is 0 Å². The monoisotopic (exact) mass is 357 g/mol. The Hall–Kier alpha value is -3.02. The van der Waals surface area contributed by atoms with Gasteiger partial charge in [0.1, 0.15) is 11.5 Å². The molecule has 136 valence electrons. The van der Waals surface area contributed by atoms with Gasteiger partial charge in [0.2, 0.25) is 5.91 Å². The quantitative estimate of drug-likeness (QED) is 0.607. The Morgan fingerprint density at radius 2 is 1.73 bits per heavy atom. The third kappa shape index (κ3) is 4.53. The number of hydrogen-bond acceptors (Lipinski definition) is 4. The summed E-state index contributed by atoms with van der Waals surface area (Å²) in [5.74, 6) is 1.09. The number of nitrogens with zero attached hydrogens (tertiary/aromatic N) is 1. The van der Waals surface area contributed by atoms with E-state index in [2.05, 4.69) is 0 Å². The number of methoxy groups -OCH3 is 1. The molecule has 0 unspecified atom stereocenters. The number of benzene rings is 1. The largest absolute Gasteiger partial charge is 0.494 e. The lowest BCUT2D eigenvalue weighted by atomic mass is 10.1. The first-order valence-electron chi connectivity index (χ1n) is 8.30. The van der Waals surface area contributed by atoms with Gasteiger partial charge in [-0.05, 0) is 48.4 Å². The average Bonchev–Trinajstić information content (AvgIpc) is 3.33. The SMILES string of the molecule is COc1ccc(CCC(=O)N(Cc2ccco2)Cc2ccco2)cc1F. The van der Waals surface area contributed by atoms with E-state index < -0.39 is 5.82 Å². The zero-order valence-electron chi connectivity index (χ0n) is 14.5. The predicted molar refractivity (Wildman–Crippen MR) is 92.9 cm³/mol. The van der Waals surface area contributed by atoms with E-state index in [0.717, 1.165) is 5.56 Å². The van der Waals surface area contributed by atoms with Crippen LogP contribution in [0.1, 0.15) is 23.5 Å². The van der Waals surface area contributed by atoms with Crippen LogP contribution in [-0.4, -0.2) is 17.9 Å². The van der Waals surface area contributed by atoms with E-state index in [1.165, 1.54) is 13.2 Å². The maximum absolute atomic E-state index is 13.8. The minimum Gasteiger partial charge on any atom is -0.494 e. The fraction of sp³-hybridized carbons (Fsp3) is 0.250. The van der Waals surface area contributed by atoms with Gasteiger partial charge in [0, 0.05) is 6.42 Å². The molecule has 0 spiro atoms. The van der Waals surface area contributed by atoms with E-state index in [1.54, 1.807) is 41.7 Å². The van der Waals surface area contributed by atoms with Gasteiger partial charge in [-0.15, -0.1) is 0 Å². The van der Waals surface area contributed by atoms with Crippen molar-refractivity contribution in [2.45, 2.75) is 25.9 Å². The molecule has 0 aliphatic carbocycles. The number of amides is 1. The lowest BCUT2D eigenvalue weighted by Gasteiger charge is -2.20. The number of carbonyl (C=O) groups excluding carboxylic acids is 1. The van der Waals surface area contributed by atoms with Gasteiger partial charge >= 0.3 is 0 Å². The molecule has 1 amide bonds. The van der Waals surface area contributed by atoms with Gasteiger partial charge in [-0.3, -0.25) is 4.79 Å². The Bertz CT molecular complexity index is 791. The maximum atomic E-state index is 13.8. The molecule has 5 nitrogen and oxygen atoms in total. The number of ether oxygens (including phenoxy) is 1. The Kier molecular flexibility index (Phi) is 5.73. The molecule has 0 N–H and O–H groups in total. The molecule has 0 aliphatic rings. The maximum Gasteiger partial charge on any atom is 0.223 e. The van der Waals surface area contributed by atoms with Crippen molar-refractivity contribution < 1.29 is 22.8 Å². The zero-order chi connectivity index (χ0) is 18.4. The molecule has 6 heteroatoms. The summed E-state index contributed by atoms with van der Waals surface area (Å²) in [5.41, 5.74) is 0.743. The van der Waals surface area contributed by atoms with Gasteiger partial charge in [-0.1, -0.05) is 6.07 Å². The summed E-state index contributed by atoms with van der Waals surface area (Å²) in [6.07, 6.45) is 3.84. The van der Waals surface area contributed by atoms with Gasteiger partial charge in [0.15, 0.2) is 11.6 Å². The lowest BCUT2D eigenvalue weighted by Crippen LogP contribution is -2.30. The lowest BCUT2D eigenvalue weighted by molar-refractivity contribution is -0.133. The van der Waals surface area contributed by atoms with E-state index in [0.29, 0.717) is 31.0 Å². The van der Waals surface area contributed by atoms with E-state index >= 15 is 0 Å². The van der Waals surface area contributed by atoms with Crippen molar-refractivity contribution in [2.75, 3.05) is 7.11 Å². The van der Waals surface area contributed by atoms with E-state index in [-0.39, 0.29) is 18.1 Å². The second-order valence-electron chi connectivity index (χ2n) is 5.88. The molecule has 0 bridgehead atoms. The van der Waals surface area contributed by atoms with Crippen LogP contribution in [0.15, 0.2) is 63.8 Å². The molecule has 0 atom stereocenters. The standard InChI is InChI=1S/C20H20FNO4/c1-24-19-8-6-15(12-18(19)21)7-9-20(23)22(13-16-4-2-10-25-16)14-17-5-3-11-26-17/h2-6,8,10-12H,7,9,13-14H2,1H3. The molecule has 0 saturated heterocycles. The molecule has 3 aromatic rings. The number of hydrogen-bond donors (Lipinski definition) is 0. The zero-order valence-corrected chi connectivity index (χ0v) is 14.5. The molecule has 2 heterocycles. The first kappa shape index (κ1) is 17.8. The predicted octanol–water partition coefficient (Wildman–Crippen LogP) is 4.18. The van der Waals surface area contributed by atoms with Crippen molar-refractivity contribution in [2.24, 2.45) is 0 Å². The number of halogens is 1. The summed E-state index contributed by atoms with van der Waals surface area (Å²) in [6, 6.07) is 11.9. The minimum atomic E-state index is -0.430. The number of carbonyl (C=O) groups is 1. The summed E-state index contributed by atoms with van der Waals surface area (Å²) in [6.45, 7) is 0.701. The molecule has 1 aromatic carbocycles. The first-order valence-corrected chi connectivity index (χ1v) is 8.30. The number of rotatable bonds is 8. The van der Waals surface area contributed by atoms with Crippen molar-refractivity contribution >= 4 is 5.91 Å². The second-order valence-corrected chi connectivity index (χ2v) is 5.88. The summed E-state index contributed by atoms with van der Waals surface area (Å²) >= 11 is 0. The summed E-state index contributed by atoms with van der Waals surface area (Å²) in [4.78, 5) is 14.4. The van der Waals surface area contributed by atoms with Crippen LogP contribution in [0.4, 0.5) is 4.39 Å². The van der Waals surface area contributed by atoms with Gasteiger partial charge in [-0.2, -0.15) is 0 Å². The van der Waals surface area contributed by atoms with Crippen molar-refractivity contribution in [3.8, 4) is 5.75 Å². The highest BCUT2D eigenvalue weighted by molar-refractivity contribution is 5.76. The van der Waals surface area contributed by atoms with Crippen LogP contribution in [0.5, 0.6) is 5.75 Å². The van der Waals surface area contributed by atoms with E-state index in [4.69, 9.17) is 13.6 Å². The fourth-order valence-electron chi connectivity index (χ4n) is 2.69. The van der Waals surface area contributed by atoms with E-state index in [9.17, 15) is 9.18 Å². The molecule has 0 saturated carbocycles. The summed E-state index contributed by atoms with van der Waals surface area (Å²) in [5, 5.41) is 0. The number of aryl methyl sites for hydroxylation is 1. The van der Waals surface area contributed by atoms with Gasteiger partial charge in [0.05, 0.1) is 32.7 Å². The molecule has 2 aromatic heterocycles. The third-order valence-electron chi connectivity index (χ3n) is 4.05. The smallest absolute Gasteiger partial charge is 0.223 e. The highest BCUT2D eigenvalue weighted by Gasteiger charge is 2.17. The Balaban J connectivity index is 1.65. The highest BCUT2D eigenvalue weighted by Crippen LogP contribution is 2.19. The summed E-state index contributed by atoms with van der Waals surface area (Å²) in [7, 11) is 1.42. The van der Waals surface area contributed by atoms with Crippen molar-refractivity contribution in [1.82, 2.24) is 4.90 Å². The molecule has 3 rings (SSSR count). The molecule has 26 heavy (non-hydrogen) atoms. The van der Waals surface area contributed by atoms with Crippen molar-refractivity contribution in [3.63, 3.8) is 0 Å². The fourth-order valence-corrected chi connectivity index (χ4v) is 2.69. The molecule has 0 fully saturated rings. The third-order valence-corrected chi connectivity index (χ3v) is 4.05. The van der Waals surface area contributed by atoms with Crippen LogP contribution in [0.3, 0.4) is 0 Å². The van der Waals surface area contributed by atoms with Crippen LogP contribution < -0.4 is 4.74 Å². The van der Waals surface area contributed by atoms with Crippen LogP contribution in [-0.2, 0) is 24.3 Å². The van der Waals surface area contributed by atoms with Crippen molar-refractivity contribution in [1.29, 1.82) is 0 Å². The van der Waals surface area contributed by atoms with Crippen molar-refractivity contribution in [3.05, 3.63) is 77.9 Å².